The summed E-state index contributed by atoms with van der Waals surface area (Å²) in [6.45, 7) is 2.27. The molecule has 168 valence electrons. The lowest BCUT2D eigenvalue weighted by molar-refractivity contribution is -0.120. The lowest BCUT2D eigenvalue weighted by atomic mass is 10.1. The van der Waals surface area contributed by atoms with Crippen LogP contribution < -0.4 is 20.9 Å². The van der Waals surface area contributed by atoms with Gasteiger partial charge in [-0.2, -0.15) is 0 Å². The summed E-state index contributed by atoms with van der Waals surface area (Å²) in [6, 6.07) is 8.98. The van der Waals surface area contributed by atoms with Crippen LogP contribution >= 0.6 is 24.0 Å². The average molecular weight is 544 g/mol. The summed E-state index contributed by atoms with van der Waals surface area (Å²) in [5.41, 5.74) is 0.759. The van der Waals surface area contributed by atoms with E-state index in [1.807, 2.05) is 4.90 Å². The second kappa shape index (κ2) is 12.4. The molecule has 3 N–H and O–H groups in total. The minimum atomic E-state index is -0.322. The Morgan fingerprint density at radius 3 is 2.65 bits per heavy atom. The maximum atomic E-state index is 13.9. The lowest BCUT2D eigenvalue weighted by Gasteiger charge is -2.20. The van der Waals surface area contributed by atoms with E-state index in [9.17, 15) is 13.6 Å². The van der Waals surface area contributed by atoms with Crippen LogP contribution in [0.4, 0.5) is 14.6 Å². The number of hydrogen-bond donors (Lipinski definition) is 3. The first kappa shape index (κ1) is 24.8. The van der Waals surface area contributed by atoms with Gasteiger partial charge in [0.25, 0.3) is 0 Å². The number of pyridine rings is 1. The number of guanidine groups is 1. The standard InChI is InChI=1S/C21H26F2N6O.HI/c1-24-21(27-11-10-25-19(30)13-15-4-6-16(22)7-5-15)28-17-8-12-29(14-17)20-18(23)3-2-9-26-20;/h2-7,9,17H,8,10-14H2,1H3,(H,25,30)(H2,24,27,28);1H. The summed E-state index contributed by atoms with van der Waals surface area (Å²) in [5, 5.41) is 9.29. The summed E-state index contributed by atoms with van der Waals surface area (Å²) in [7, 11) is 1.67. The molecular weight excluding hydrogens is 517 g/mol. The SMILES string of the molecule is CN=C(NCCNC(=O)Cc1ccc(F)cc1)NC1CCN(c2ncccc2F)C1.I. The van der Waals surface area contributed by atoms with E-state index in [4.69, 9.17) is 0 Å². The Morgan fingerprint density at radius 2 is 1.94 bits per heavy atom. The zero-order valence-corrected chi connectivity index (χ0v) is 19.6. The van der Waals surface area contributed by atoms with E-state index in [1.54, 1.807) is 31.4 Å². The van der Waals surface area contributed by atoms with Crippen molar-refractivity contribution in [1.29, 1.82) is 0 Å². The van der Waals surface area contributed by atoms with Gasteiger partial charge in [-0.25, -0.2) is 13.8 Å². The molecule has 0 aliphatic carbocycles. The van der Waals surface area contributed by atoms with Crippen LogP contribution in [0, 0.1) is 11.6 Å². The van der Waals surface area contributed by atoms with Crippen LogP contribution in [0.2, 0.25) is 0 Å². The third-order valence-electron chi connectivity index (χ3n) is 4.81. The monoisotopic (exact) mass is 544 g/mol. The quantitative estimate of drug-likeness (QED) is 0.215. The van der Waals surface area contributed by atoms with Gasteiger partial charge in [0.2, 0.25) is 5.91 Å². The minimum Gasteiger partial charge on any atom is -0.355 e. The fraction of sp³-hybridized carbons (Fsp3) is 0.381. The van der Waals surface area contributed by atoms with E-state index in [1.165, 1.54) is 18.2 Å². The Balaban J connectivity index is 0.00000341. The molecule has 2 aromatic rings. The minimum absolute atomic E-state index is 0. The first-order valence-corrected chi connectivity index (χ1v) is 9.89. The second-order valence-electron chi connectivity index (χ2n) is 7.04. The first-order valence-electron chi connectivity index (χ1n) is 9.89. The summed E-state index contributed by atoms with van der Waals surface area (Å²) in [5.74, 6) is 0.217. The van der Waals surface area contributed by atoms with E-state index >= 15 is 0 Å². The van der Waals surface area contributed by atoms with Gasteiger partial charge in [-0.1, -0.05) is 12.1 Å². The molecule has 0 spiro atoms. The van der Waals surface area contributed by atoms with E-state index in [2.05, 4.69) is 25.9 Å². The number of nitrogens with one attached hydrogen (secondary N) is 3. The predicted molar refractivity (Wildman–Crippen MR) is 128 cm³/mol. The summed E-state index contributed by atoms with van der Waals surface area (Å²) in [6.07, 6.45) is 2.63. The number of halogens is 3. The van der Waals surface area contributed by atoms with Gasteiger partial charge < -0.3 is 20.9 Å². The number of anilines is 1. The van der Waals surface area contributed by atoms with Gasteiger partial charge in [0.05, 0.1) is 6.42 Å². The van der Waals surface area contributed by atoms with Crippen molar-refractivity contribution in [3.05, 3.63) is 59.8 Å². The van der Waals surface area contributed by atoms with Gasteiger partial charge in [0.15, 0.2) is 17.6 Å². The Labute approximate surface area is 197 Å². The van der Waals surface area contributed by atoms with Crippen molar-refractivity contribution in [2.24, 2.45) is 4.99 Å². The van der Waals surface area contributed by atoms with Crippen LogP contribution in [0.15, 0.2) is 47.6 Å². The molecule has 31 heavy (non-hydrogen) atoms. The van der Waals surface area contributed by atoms with Crippen molar-refractivity contribution in [3.63, 3.8) is 0 Å². The fourth-order valence-corrected chi connectivity index (χ4v) is 3.30. The van der Waals surface area contributed by atoms with Crippen LogP contribution in [-0.2, 0) is 11.2 Å². The highest BCUT2D eigenvalue weighted by Gasteiger charge is 2.25. The van der Waals surface area contributed by atoms with Crippen molar-refractivity contribution >= 4 is 41.7 Å². The van der Waals surface area contributed by atoms with Gasteiger partial charge in [0.1, 0.15) is 5.82 Å². The number of rotatable bonds is 7. The van der Waals surface area contributed by atoms with Gasteiger partial charge >= 0.3 is 0 Å². The zero-order valence-electron chi connectivity index (χ0n) is 17.3. The molecule has 1 amide bonds. The predicted octanol–water partition coefficient (Wildman–Crippen LogP) is 2.08. The number of aromatic nitrogens is 1. The number of benzene rings is 1. The lowest BCUT2D eigenvalue weighted by Crippen LogP contribution is -2.46. The maximum Gasteiger partial charge on any atom is 0.224 e. The zero-order chi connectivity index (χ0) is 21.3. The van der Waals surface area contributed by atoms with E-state index in [0.717, 1.165) is 12.0 Å². The third kappa shape index (κ3) is 7.60. The van der Waals surface area contributed by atoms with Crippen LogP contribution in [0.25, 0.3) is 0 Å². The molecule has 1 fully saturated rings. The second-order valence-corrected chi connectivity index (χ2v) is 7.04. The van der Waals surface area contributed by atoms with Gasteiger partial charge in [0, 0.05) is 45.5 Å². The highest BCUT2D eigenvalue weighted by Crippen LogP contribution is 2.20. The Hall–Kier alpha value is -2.50. The van der Waals surface area contributed by atoms with Gasteiger partial charge in [-0.15, -0.1) is 24.0 Å². The molecule has 1 atom stereocenters. The summed E-state index contributed by atoms with van der Waals surface area (Å²) in [4.78, 5) is 22.2. The maximum absolute atomic E-state index is 13.9. The van der Waals surface area contributed by atoms with Gasteiger partial charge in [-0.05, 0) is 36.2 Å². The van der Waals surface area contributed by atoms with Crippen LogP contribution in [0.3, 0.4) is 0 Å². The molecule has 1 aromatic heterocycles. The molecule has 1 aromatic carbocycles. The van der Waals surface area contributed by atoms with Crippen LogP contribution in [0.1, 0.15) is 12.0 Å². The topological polar surface area (TPSA) is 81.6 Å². The van der Waals surface area contributed by atoms with Crippen molar-refractivity contribution < 1.29 is 13.6 Å². The van der Waals surface area contributed by atoms with Crippen LogP contribution in [-0.4, -0.2) is 56.1 Å². The molecular formula is C21H27F2IN6O. The van der Waals surface area contributed by atoms with E-state index < -0.39 is 0 Å². The molecule has 0 saturated carbocycles. The molecule has 0 bridgehead atoms. The van der Waals surface area contributed by atoms with Crippen molar-refractivity contribution in [2.45, 2.75) is 18.9 Å². The molecule has 7 nitrogen and oxygen atoms in total. The molecule has 0 radical (unpaired) electrons. The molecule has 1 unspecified atom stereocenters. The summed E-state index contributed by atoms with van der Waals surface area (Å²) < 4.78 is 26.8. The smallest absolute Gasteiger partial charge is 0.224 e. The van der Waals surface area contributed by atoms with Crippen molar-refractivity contribution in [3.8, 4) is 0 Å². The number of carbonyl (C=O) groups is 1. The average Bonchev–Trinajstić information content (AvgIpc) is 3.20. The number of nitrogens with zero attached hydrogens (tertiary/aromatic N) is 3. The molecule has 1 aliphatic rings. The highest BCUT2D eigenvalue weighted by molar-refractivity contribution is 14.0. The van der Waals surface area contributed by atoms with Crippen molar-refractivity contribution in [1.82, 2.24) is 20.9 Å². The molecule has 1 saturated heterocycles. The van der Waals surface area contributed by atoms with Gasteiger partial charge in [-0.3, -0.25) is 9.79 Å². The Morgan fingerprint density at radius 1 is 1.19 bits per heavy atom. The number of carbonyl (C=O) groups excluding carboxylic acids is 1. The highest BCUT2D eigenvalue weighted by atomic mass is 127. The van der Waals surface area contributed by atoms with Crippen molar-refractivity contribution in [2.75, 3.05) is 38.1 Å². The molecule has 10 heteroatoms. The Kier molecular flexibility index (Phi) is 9.89. The number of hydrogen-bond acceptors (Lipinski definition) is 4. The first-order chi connectivity index (χ1) is 14.5. The summed E-state index contributed by atoms with van der Waals surface area (Å²) >= 11 is 0. The molecule has 3 rings (SSSR count). The molecule has 1 aliphatic heterocycles. The number of aliphatic imine (C=N–C) groups is 1. The van der Waals surface area contributed by atoms with Crippen LogP contribution in [0.5, 0.6) is 0 Å². The van der Waals surface area contributed by atoms with E-state index in [0.29, 0.717) is 38.0 Å². The third-order valence-corrected chi connectivity index (χ3v) is 4.81. The largest absolute Gasteiger partial charge is 0.355 e. The number of amides is 1. The molecule has 2 heterocycles. The fourth-order valence-electron chi connectivity index (χ4n) is 3.30. The Bertz CT molecular complexity index is 880. The van der Waals surface area contributed by atoms with E-state index in [-0.39, 0.29) is 54.0 Å². The normalized spacial score (nSPS) is 15.9.